The van der Waals surface area contributed by atoms with Crippen LogP contribution in [-0.4, -0.2) is 221 Å². The van der Waals surface area contributed by atoms with Crippen molar-refractivity contribution < 1.29 is 42.3 Å². The molecule has 4 aromatic carbocycles. The maximum absolute atomic E-state index is 12.4. The number of hydrogen-bond donors (Lipinski definition) is 13. The normalized spacial score (nSPS) is 12.9. The van der Waals surface area contributed by atoms with Crippen molar-refractivity contribution in [3.8, 4) is 74.7 Å². The van der Waals surface area contributed by atoms with Crippen LogP contribution in [0.15, 0.2) is 137 Å². The lowest BCUT2D eigenvalue weighted by Crippen LogP contribution is -2.22. The highest BCUT2D eigenvalue weighted by Gasteiger charge is 2.32. The predicted octanol–water partition coefficient (Wildman–Crippen LogP) is 7.20. The summed E-state index contributed by atoms with van der Waals surface area (Å²) in [5.74, 6) is 8.44. The molecule has 47 nitrogen and oxygen atoms in total. The lowest BCUT2D eigenvalue weighted by atomic mass is 10.1. The molecule has 8 heterocycles. The lowest BCUT2D eigenvalue weighted by molar-refractivity contribution is -0.117. The third kappa shape index (κ3) is 23.4. The molecular formula is C78H90N38O9S2. The third-order valence-corrected chi connectivity index (χ3v) is 19.9. The summed E-state index contributed by atoms with van der Waals surface area (Å²) in [5.41, 5.74) is 9.62. The summed E-state index contributed by atoms with van der Waals surface area (Å²) in [6.45, 7) is 7.13. The Labute approximate surface area is 728 Å². The maximum Gasteiger partial charge on any atom is 0.273 e. The van der Waals surface area contributed by atoms with Gasteiger partial charge in [-0.05, 0) is 80.1 Å². The second kappa shape index (κ2) is 41.4. The molecule has 0 radical (unpaired) electrons. The number of benzene rings is 4. The van der Waals surface area contributed by atoms with Crippen molar-refractivity contribution in [2.75, 3.05) is 112 Å². The van der Waals surface area contributed by atoms with E-state index in [1.807, 2.05) is 54.7 Å². The van der Waals surface area contributed by atoms with Crippen molar-refractivity contribution in [1.29, 1.82) is 10.0 Å². The molecule has 49 heteroatoms. The number of para-hydroxylation sites is 4. The molecule has 0 saturated heterocycles. The molecule has 2 aliphatic rings. The van der Waals surface area contributed by atoms with Crippen LogP contribution in [-0.2, 0) is 52.5 Å². The summed E-state index contributed by atoms with van der Waals surface area (Å²) in [6, 6.07) is 28.2. The summed E-state index contributed by atoms with van der Waals surface area (Å²) in [5, 5.41) is 84.5. The fraction of sp³-hybridized carbons (Fsp3) is 0.269. The minimum Gasteiger partial charge on any atom is -0.494 e. The molecule has 0 aliphatic heterocycles. The predicted molar refractivity (Wildman–Crippen MR) is 478 cm³/mol. The van der Waals surface area contributed by atoms with Crippen LogP contribution in [0.25, 0.3) is 50.5 Å². The molecule has 2 atom stereocenters. The number of carbonyl (C=O) groups is 4. The van der Waals surface area contributed by atoms with Crippen LogP contribution >= 0.6 is 0 Å². The van der Waals surface area contributed by atoms with Crippen LogP contribution < -0.4 is 81.7 Å². The van der Waals surface area contributed by atoms with Gasteiger partial charge in [-0.15, -0.1) is 40.8 Å². The fourth-order valence-corrected chi connectivity index (χ4v) is 12.9. The number of aryl methyl sites for hydroxylation is 4. The topological polar surface area (TPSA) is 582 Å². The van der Waals surface area contributed by atoms with Crippen LogP contribution in [0.2, 0.25) is 0 Å². The number of methoxy groups -OCH3 is 4. The van der Waals surface area contributed by atoms with E-state index in [-0.39, 0.29) is 58.1 Å². The summed E-state index contributed by atoms with van der Waals surface area (Å²) >= 11 is 0. The Balaban J connectivity index is 0.000000164. The van der Waals surface area contributed by atoms with Crippen molar-refractivity contribution in [3.63, 3.8) is 0 Å². The number of ether oxygens (including phenoxy) is 4. The molecule has 2 fully saturated rings. The minimum absolute atomic E-state index is 0.0158. The Morgan fingerprint density at radius 1 is 0.512 bits per heavy atom. The number of aromatic nitrogens is 20. The highest BCUT2D eigenvalue weighted by Crippen LogP contribution is 2.43. The van der Waals surface area contributed by atoms with Crippen molar-refractivity contribution in [3.05, 3.63) is 157 Å². The fourth-order valence-electron chi connectivity index (χ4n) is 11.8. The molecule has 2 unspecified atom stereocenters. The van der Waals surface area contributed by atoms with E-state index in [1.54, 1.807) is 142 Å². The van der Waals surface area contributed by atoms with E-state index in [9.17, 15) is 23.4 Å². The van der Waals surface area contributed by atoms with Crippen LogP contribution in [0, 0.1) is 34.6 Å². The first-order valence-corrected chi connectivity index (χ1v) is 42.2. The number of nitrogens with one attached hydrogen (secondary N) is 13. The number of carbonyl (C=O) groups excluding carboxylic acids is 4. The van der Waals surface area contributed by atoms with Gasteiger partial charge in [-0.3, -0.25) is 57.7 Å². The van der Waals surface area contributed by atoms with Gasteiger partial charge >= 0.3 is 0 Å². The first-order chi connectivity index (χ1) is 61.1. The Bertz CT molecular complexity index is 6470. The molecule has 14 rings (SSSR count). The monoisotopic (exact) mass is 1770 g/mol. The average Bonchev–Trinajstić information content (AvgIpc) is 1.47. The summed E-state index contributed by atoms with van der Waals surface area (Å²) in [6.07, 6.45) is 15.0. The van der Waals surface area contributed by atoms with Crippen molar-refractivity contribution in [2.45, 2.75) is 25.7 Å². The number of nitrogens with zero attached hydrogens (tertiary/aromatic N) is 25. The number of aliphatic imine (C=N–C) groups is 2. The Hall–Kier alpha value is -16.5. The van der Waals surface area contributed by atoms with Gasteiger partial charge in [-0.2, -0.15) is 37.2 Å². The van der Waals surface area contributed by atoms with Gasteiger partial charge in [0.15, 0.2) is 98.5 Å². The first kappa shape index (κ1) is 91.3. The smallest absolute Gasteiger partial charge is 0.273 e. The van der Waals surface area contributed by atoms with Crippen LogP contribution in [0.3, 0.4) is 0 Å². The molecule has 127 heavy (non-hydrogen) atoms. The molecule has 2 aliphatic carbocycles. The van der Waals surface area contributed by atoms with E-state index in [1.165, 1.54) is 54.7 Å². The van der Waals surface area contributed by atoms with Gasteiger partial charge in [0, 0.05) is 112 Å². The molecule has 0 spiro atoms. The zero-order chi connectivity index (χ0) is 91.2. The van der Waals surface area contributed by atoms with Gasteiger partial charge in [-0.25, -0.2) is 33.5 Å². The van der Waals surface area contributed by atoms with Gasteiger partial charge in [0.2, 0.25) is 11.7 Å². The van der Waals surface area contributed by atoms with E-state index in [0.717, 1.165) is 25.7 Å². The molecular weight excluding hydrogens is 1680 g/mol. The van der Waals surface area contributed by atoms with E-state index < -0.39 is 37.2 Å². The Morgan fingerprint density at radius 3 is 1.18 bits per heavy atom. The van der Waals surface area contributed by atoms with Gasteiger partial charge in [0.25, 0.3) is 17.7 Å². The van der Waals surface area contributed by atoms with Gasteiger partial charge in [0.1, 0.15) is 41.1 Å². The van der Waals surface area contributed by atoms with E-state index in [0.29, 0.717) is 131 Å². The van der Waals surface area contributed by atoms with Crippen molar-refractivity contribution >= 4 is 129 Å². The standard InChI is InChI=1S/2C21H22N10O2.C18H23N9O3S.C18H23N9O2S/c1-22-20(29-23-2)17-15(10-16(27-28-17)26-21(32)12-8-9-12)25-14-7-5-6-13(18(14)33-4)19-24-11-31(3)30-19;1-23-21(32)17-15(9-16(28-29-17)27-19(24-10-22)12-7-8-12)26-14-6-4-5-13(18(14)33-3)20-25-11-31(2)30-20;1-19-18(28)15-13(9-14(23-24-15)26-31(5,29)20-2)22-12-8-6-7-11(16(12)30-4)17-21-10-27(3)25-17;1-20-18(28)15-13(9-14(23-24-15)26-30(4,5)19)22-12-8-6-7-11(16(12)29-3)17-21-10-27(2)25-17/h5-7,10-12H,8-9H2,1,3-4H3,(H,22,29)(H2,25,26,27,32);4-6,9,11-12H,7-8H2,1-3H3,(H,23,32)(H2,24,26,27,28);6-10H,1-5H3,(H,19,28)(H2,20,22,23,26,29);6-10H,4H2,1-3,5H3,(H,20,28)(H3,19,22,23,26). The summed E-state index contributed by atoms with van der Waals surface area (Å²) in [4.78, 5) is 78.1. The SMILES string of the molecule is C=S(C)(=N)Nc1cc(Nc2cccc(-c3ncn(C)n3)c2OC)c(C(=O)NC)nn1.CN=S(C)(=O)Nc1cc(Nc2cccc(-c3ncn(C)n3)c2OC)c(C(=O)NC)nn1.CNC(=O)c1nnc(N=C(NC#N)C2CC2)cc1Nc1cccc(-c2ncn(C)n2)c1OC.[C-]#[N+]NC(=NC)c1nnc(NC(=O)C2CC2)cc1Nc1cccc(-c2ncn(C)n2)c1OC. The van der Waals surface area contributed by atoms with Gasteiger partial charge in [-0.1, -0.05) is 39.3 Å². The highest BCUT2D eigenvalue weighted by molar-refractivity contribution is 8.01. The molecule has 8 aromatic heterocycles. The minimum atomic E-state index is -2.70. The molecule has 12 aromatic rings. The molecule has 2 saturated carbocycles. The van der Waals surface area contributed by atoms with Crippen molar-refractivity contribution in [1.82, 2.24) is 127 Å². The van der Waals surface area contributed by atoms with Crippen LogP contribution in [0.5, 0.6) is 23.0 Å². The quantitative estimate of drug-likeness (QED) is 0.00438. The summed E-state index contributed by atoms with van der Waals surface area (Å²) in [7, 11) is 16.0. The number of hydrogen-bond acceptors (Lipinski definition) is 34. The number of rotatable bonds is 28. The number of anilines is 11. The largest absolute Gasteiger partial charge is 0.494 e. The third-order valence-electron chi connectivity index (χ3n) is 18.0. The maximum atomic E-state index is 12.4. The van der Waals surface area contributed by atoms with Crippen molar-refractivity contribution in [2.24, 2.45) is 54.4 Å². The lowest BCUT2D eigenvalue weighted by Gasteiger charge is -2.16. The average molecular weight is 1770 g/mol. The number of nitriles is 1. The van der Waals surface area contributed by atoms with E-state index in [4.69, 9.17) is 35.6 Å². The van der Waals surface area contributed by atoms with Crippen LogP contribution in [0.4, 0.5) is 68.8 Å². The first-order valence-electron chi connectivity index (χ1n) is 38.1. The Morgan fingerprint density at radius 2 is 0.858 bits per heavy atom. The second-order valence-electron chi connectivity index (χ2n) is 27.5. The van der Waals surface area contributed by atoms with E-state index in [2.05, 4.69) is 169 Å². The van der Waals surface area contributed by atoms with Gasteiger partial charge in [0.05, 0.1) is 96.2 Å². The van der Waals surface area contributed by atoms with E-state index >= 15 is 0 Å². The molecule has 13 N–H and O–H groups in total. The summed E-state index contributed by atoms with van der Waals surface area (Å²) < 4.78 is 58.6. The highest BCUT2D eigenvalue weighted by atomic mass is 32.2. The zero-order valence-electron chi connectivity index (χ0n) is 71.4. The zero-order valence-corrected chi connectivity index (χ0v) is 73.0. The molecule has 0 bridgehead atoms. The second-order valence-corrected chi connectivity index (χ2v) is 32.1. The Kier molecular flexibility index (Phi) is 29.8. The van der Waals surface area contributed by atoms with Gasteiger partial charge < -0.3 is 66.2 Å². The number of amides is 4. The molecule has 658 valence electrons. The van der Waals surface area contributed by atoms with Crippen LogP contribution in [0.1, 0.15) is 62.8 Å². The number of amidine groups is 2. The molecule has 4 amide bonds.